The maximum Gasteiger partial charge on any atom is 0.318 e. The number of aryl methyl sites for hydroxylation is 1. The van der Waals surface area contributed by atoms with Crippen LogP contribution in [0.3, 0.4) is 0 Å². The van der Waals surface area contributed by atoms with Gasteiger partial charge in [0.05, 0.1) is 13.2 Å². The zero-order chi connectivity index (χ0) is 13.1. The van der Waals surface area contributed by atoms with E-state index in [4.69, 9.17) is 10.5 Å². The third kappa shape index (κ3) is 2.41. The van der Waals surface area contributed by atoms with Crippen LogP contribution in [0.1, 0.15) is 17.2 Å². The first kappa shape index (κ1) is 12.7. The van der Waals surface area contributed by atoms with Gasteiger partial charge in [-0.2, -0.15) is 0 Å². The van der Waals surface area contributed by atoms with E-state index < -0.39 is 0 Å². The van der Waals surface area contributed by atoms with Crippen LogP contribution in [-0.4, -0.2) is 37.7 Å². The molecule has 3 N–H and O–H groups in total. The van der Waals surface area contributed by atoms with E-state index in [9.17, 15) is 4.79 Å². The van der Waals surface area contributed by atoms with E-state index in [-0.39, 0.29) is 12.1 Å². The Morgan fingerprint density at radius 3 is 3.00 bits per heavy atom. The van der Waals surface area contributed by atoms with Crippen LogP contribution in [0.5, 0.6) is 5.75 Å². The number of carbonyl (C=O) groups excluding carboxylic acids is 1. The molecule has 5 nitrogen and oxygen atoms in total. The Morgan fingerprint density at radius 2 is 2.33 bits per heavy atom. The number of carbonyl (C=O) groups is 1. The minimum atomic E-state index is -0.0611. The summed E-state index contributed by atoms with van der Waals surface area (Å²) in [7, 11) is 1.64. The van der Waals surface area contributed by atoms with Gasteiger partial charge in [-0.25, -0.2) is 4.79 Å². The molecule has 1 unspecified atom stereocenters. The number of benzene rings is 1. The first-order chi connectivity index (χ1) is 8.65. The summed E-state index contributed by atoms with van der Waals surface area (Å²) in [5.74, 6) is 0.806. The van der Waals surface area contributed by atoms with E-state index >= 15 is 0 Å². The summed E-state index contributed by atoms with van der Waals surface area (Å²) < 4.78 is 5.35. The summed E-state index contributed by atoms with van der Waals surface area (Å²) in [6.07, 6.45) is 0. The third-order valence-electron chi connectivity index (χ3n) is 3.15. The van der Waals surface area contributed by atoms with Gasteiger partial charge in [0.25, 0.3) is 0 Å². The smallest absolute Gasteiger partial charge is 0.318 e. The Hall–Kier alpha value is -1.75. The monoisotopic (exact) mass is 249 g/mol. The second kappa shape index (κ2) is 5.27. The van der Waals surface area contributed by atoms with Crippen LogP contribution in [-0.2, 0) is 0 Å². The fourth-order valence-electron chi connectivity index (χ4n) is 2.24. The summed E-state index contributed by atoms with van der Waals surface area (Å²) in [4.78, 5) is 13.5. The number of hydrogen-bond donors (Lipinski definition) is 2. The molecule has 0 radical (unpaired) electrons. The van der Waals surface area contributed by atoms with Crippen molar-refractivity contribution in [2.45, 2.75) is 13.0 Å². The molecule has 1 heterocycles. The fraction of sp³-hybridized carbons (Fsp3) is 0.462. The minimum absolute atomic E-state index is 0.0288. The van der Waals surface area contributed by atoms with Crippen LogP contribution in [0, 0.1) is 6.92 Å². The first-order valence-electron chi connectivity index (χ1n) is 6.05. The SMILES string of the molecule is COc1ccc(C)cc1C1CN(CCN)C(=O)N1. The normalized spacial score (nSPS) is 18.9. The number of rotatable bonds is 4. The molecule has 98 valence electrons. The Balaban J connectivity index is 2.22. The average Bonchev–Trinajstić information content (AvgIpc) is 2.71. The Labute approximate surface area is 107 Å². The molecule has 2 amide bonds. The van der Waals surface area contributed by atoms with Gasteiger partial charge >= 0.3 is 6.03 Å². The van der Waals surface area contributed by atoms with Crippen LogP contribution in [0.25, 0.3) is 0 Å². The van der Waals surface area contributed by atoms with Crippen molar-refractivity contribution in [2.24, 2.45) is 5.73 Å². The van der Waals surface area contributed by atoms with Gasteiger partial charge < -0.3 is 20.7 Å². The summed E-state index contributed by atoms with van der Waals surface area (Å²) in [5.41, 5.74) is 7.66. The number of urea groups is 1. The van der Waals surface area contributed by atoms with Crippen molar-refractivity contribution in [1.29, 1.82) is 0 Å². The molecule has 0 spiro atoms. The molecule has 1 fully saturated rings. The van der Waals surface area contributed by atoms with Gasteiger partial charge in [-0.1, -0.05) is 17.7 Å². The van der Waals surface area contributed by atoms with Crippen LogP contribution in [0.2, 0.25) is 0 Å². The third-order valence-corrected chi connectivity index (χ3v) is 3.15. The van der Waals surface area contributed by atoms with Crippen LogP contribution < -0.4 is 15.8 Å². The molecule has 1 aliphatic rings. The van der Waals surface area contributed by atoms with Gasteiger partial charge in [0.1, 0.15) is 5.75 Å². The summed E-state index contributed by atoms with van der Waals surface area (Å²) in [5, 5.41) is 2.96. The van der Waals surface area contributed by atoms with Crippen molar-refractivity contribution >= 4 is 6.03 Å². The Morgan fingerprint density at radius 1 is 1.56 bits per heavy atom. The van der Waals surface area contributed by atoms with E-state index in [1.165, 1.54) is 0 Å². The molecule has 1 aromatic carbocycles. The van der Waals surface area contributed by atoms with E-state index in [2.05, 4.69) is 11.4 Å². The molecule has 1 aromatic rings. The van der Waals surface area contributed by atoms with Crippen LogP contribution in [0.15, 0.2) is 18.2 Å². The highest BCUT2D eigenvalue weighted by Gasteiger charge is 2.30. The Bertz CT molecular complexity index is 448. The molecule has 18 heavy (non-hydrogen) atoms. The average molecular weight is 249 g/mol. The largest absolute Gasteiger partial charge is 0.496 e. The number of nitrogens with two attached hydrogens (primary N) is 1. The van der Waals surface area contributed by atoms with Gasteiger partial charge in [-0.05, 0) is 13.0 Å². The highest BCUT2D eigenvalue weighted by atomic mass is 16.5. The van der Waals surface area contributed by atoms with Crippen molar-refractivity contribution in [3.05, 3.63) is 29.3 Å². The van der Waals surface area contributed by atoms with Crippen LogP contribution in [0.4, 0.5) is 4.79 Å². The number of nitrogens with one attached hydrogen (secondary N) is 1. The molecular weight excluding hydrogens is 230 g/mol. The maximum absolute atomic E-state index is 11.8. The highest BCUT2D eigenvalue weighted by molar-refractivity contribution is 5.77. The summed E-state index contributed by atoms with van der Waals surface area (Å²) in [6, 6.07) is 5.89. The lowest BCUT2D eigenvalue weighted by Crippen LogP contribution is -2.32. The van der Waals surface area contributed by atoms with Crippen LogP contribution >= 0.6 is 0 Å². The lowest BCUT2D eigenvalue weighted by atomic mass is 10.0. The second-order valence-electron chi connectivity index (χ2n) is 4.48. The first-order valence-corrected chi connectivity index (χ1v) is 6.05. The number of methoxy groups -OCH3 is 1. The molecule has 1 aliphatic heterocycles. The lowest BCUT2D eigenvalue weighted by Gasteiger charge is -2.16. The zero-order valence-electron chi connectivity index (χ0n) is 10.8. The molecule has 1 atom stereocenters. The van der Waals surface area contributed by atoms with E-state index in [1.54, 1.807) is 12.0 Å². The van der Waals surface area contributed by atoms with E-state index in [0.29, 0.717) is 19.6 Å². The van der Waals surface area contributed by atoms with Gasteiger partial charge in [0.2, 0.25) is 0 Å². The van der Waals surface area contributed by atoms with Gasteiger partial charge in [-0.3, -0.25) is 0 Å². The minimum Gasteiger partial charge on any atom is -0.496 e. The molecule has 5 heteroatoms. The maximum atomic E-state index is 11.8. The topological polar surface area (TPSA) is 67.6 Å². The molecule has 0 aliphatic carbocycles. The lowest BCUT2D eigenvalue weighted by molar-refractivity contribution is 0.218. The molecule has 1 saturated heterocycles. The molecule has 0 bridgehead atoms. The number of hydrogen-bond acceptors (Lipinski definition) is 3. The second-order valence-corrected chi connectivity index (χ2v) is 4.48. The summed E-state index contributed by atoms with van der Waals surface area (Å²) in [6.45, 7) is 3.72. The zero-order valence-corrected chi connectivity index (χ0v) is 10.8. The van der Waals surface area contributed by atoms with Crippen molar-refractivity contribution in [2.75, 3.05) is 26.7 Å². The number of ether oxygens (including phenoxy) is 1. The molecule has 0 saturated carbocycles. The predicted octanol–water partition coefficient (Wildman–Crippen LogP) is 1.03. The predicted molar refractivity (Wildman–Crippen MR) is 69.6 cm³/mol. The van der Waals surface area contributed by atoms with Gasteiger partial charge in [0, 0.05) is 25.2 Å². The van der Waals surface area contributed by atoms with E-state index in [1.807, 2.05) is 19.1 Å². The van der Waals surface area contributed by atoms with Crippen molar-refractivity contribution in [1.82, 2.24) is 10.2 Å². The van der Waals surface area contributed by atoms with Crippen molar-refractivity contribution in [3.8, 4) is 5.75 Å². The summed E-state index contributed by atoms with van der Waals surface area (Å²) >= 11 is 0. The number of nitrogens with zero attached hydrogens (tertiary/aromatic N) is 1. The molecular formula is C13H19N3O2. The van der Waals surface area contributed by atoms with Crippen molar-refractivity contribution in [3.63, 3.8) is 0 Å². The fourth-order valence-corrected chi connectivity index (χ4v) is 2.24. The van der Waals surface area contributed by atoms with E-state index in [0.717, 1.165) is 16.9 Å². The standard InChI is InChI=1S/C13H19N3O2/c1-9-3-4-12(18-2)10(7-9)11-8-16(6-5-14)13(17)15-11/h3-4,7,11H,5-6,8,14H2,1-2H3,(H,15,17). The Kier molecular flexibility index (Phi) is 3.72. The quantitative estimate of drug-likeness (QED) is 0.837. The van der Waals surface area contributed by atoms with Gasteiger partial charge in [-0.15, -0.1) is 0 Å². The number of amides is 2. The van der Waals surface area contributed by atoms with Gasteiger partial charge in [0.15, 0.2) is 0 Å². The molecule has 2 rings (SSSR count). The van der Waals surface area contributed by atoms with Crippen molar-refractivity contribution < 1.29 is 9.53 Å². The molecule has 0 aromatic heterocycles. The highest BCUT2D eigenvalue weighted by Crippen LogP contribution is 2.29.